The van der Waals surface area contributed by atoms with E-state index in [4.69, 9.17) is 5.11 Å². The zero-order valence-electron chi connectivity index (χ0n) is 8.92. The topological polar surface area (TPSA) is 37.3 Å². The summed E-state index contributed by atoms with van der Waals surface area (Å²) in [5, 5.41) is 8.85. The van der Waals surface area contributed by atoms with Crippen molar-refractivity contribution >= 4 is 21.9 Å². The van der Waals surface area contributed by atoms with Crippen molar-refractivity contribution in [3.05, 3.63) is 33.8 Å². The molecule has 1 unspecified atom stereocenters. The highest BCUT2D eigenvalue weighted by molar-refractivity contribution is 9.10. The van der Waals surface area contributed by atoms with Crippen molar-refractivity contribution in [2.45, 2.75) is 25.2 Å². The lowest BCUT2D eigenvalue weighted by atomic mass is 9.91. The molecule has 2 nitrogen and oxygen atoms in total. The summed E-state index contributed by atoms with van der Waals surface area (Å²) in [6.07, 6.45) is 1.85. The van der Waals surface area contributed by atoms with E-state index in [-0.39, 0.29) is 18.3 Å². The Balaban J connectivity index is 2.35. The molecule has 17 heavy (non-hydrogen) atoms. The van der Waals surface area contributed by atoms with E-state index in [0.29, 0.717) is 10.0 Å². The van der Waals surface area contributed by atoms with Crippen molar-refractivity contribution in [1.82, 2.24) is 0 Å². The first-order valence-corrected chi connectivity index (χ1v) is 6.14. The van der Waals surface area contributed by atoms with Gasteiger partial charge in [-0.2, -0.15) is 0 Å². The van der Waals surface area contributed by atoms with Gasteiger partial charge in [-0.05, 0) is 42.4 Å². The fraction of sp³-hybridized carbons (Fsp3) is 0.417. The summed E-state index contributed by atoms with van der Waals surface area (Å²) in [5.74, 6) is -2.74. The summed E-state index contributed by atoms with van der Waals surface area (Å²) in [4.78, 5) is 10.8. The van der Waals surface area contributed by atoms with E-state index in [1.807, 2.05) is 0 Å². The van der Waals surface area contributed by atoms with Gasteiger partial charge in [0.25, 0.3) is 0 Å². The average molecular weight is 305 g/mol. The Bertz CT molecular complexity index is 458. The molecule has 0 aromatic heterocycles. The van der Waals surface area contributed by atoms with Gasteiger partial charge < -0.3 is 5.11 Å². The van der Waals surface area contributed by atoms with Gasteiger partial charge in [-0.15, -0.1) is 0 Å². The Labute approximate surface area is 106 Å². The molecule has 0 aliphatic heterocycles. The first-order chi connectivity index (χ1) is 7.99. The van der Waals surface area contributed by atoms with E-state index >= 15 is 0 Å². The van der Waals surface area contributed by atoms with Gasteiger partial charge in [-0.3, -0.25) is 4.79 Å². The molecule has 0 bridgehead atoms. The highest BCUT2D eigenvalue weighted by atomic mass is 79.9. The molecule has 92 valence electrons. The molecule has 5 heteroatoms. The summed E-state index contributed by atoms with van der Waals surface area (Å²) in [5.41, 5.74) is 0.550. The summed E-state index contributed by atoms with van der Waals surface area (Å²) in [6.45, 7) is 0. The molecular formula is C12H11BrF2O2. The number of carbonyl (C=O) groups is 1. The molecule has 1 atom stereocenters. The Morgan fingerprint density at radius 2 is 2.00 bits per heavy atom. The lowest BCUT2D eigenvalue weighted by Crippen LogP contribution is -2.09. The third-order valence-corrected chi connectivity index (χ3v) is 3.71. The fourth-order valence-electron chi connectivity index (χ4n) is 2.04. The number of benzene rings is 1. The Hall–Kier alpha value is -0.970. The molecule has 1 aliphatic rings. The molecule has 1 N–H and O–H groups in total. The van der Waals surface area contributed by atoms with E-state index in [0.717, 1.165) is 25.0 Å². The summed E-state index contributed by atoms with van der Waals surface area (Å²) >= 11 is 3.17. The van der Waals surface area contributed by atoms with Crippen LogP contribution in [0.5, 0.6) is 0 Å². The van der Waals surface area contributed by atoms with E-state index < -0.39 is 17.6 Å². The maximum Gasteiger partial charge on any atom is 0.303 e. The van der Waals surface area contributed by atoms with Crippen molar-refractivity contribution in [3.63, 3.8) is 0 Å². The van der Waals surface area contributed by atoms with Gasteiger partial charge in [0.15, 0.2) is 11.6 Å². The second kappa shape index (κ2) is 4.72. The Morgan fingerprint density at radius 3 is 2.53 bits per heavy atom. The Kier molecular flexibility index (Phi) is 3.47. The molecular weight excluding hydrogens is 294 g/mol. The number of rotatable bonds is 4. The van der Waals surface area contributed by atoms with E-state index in [1.54, 1.807) is 0 Å². The first-order valence-electron chi connectivity index (χ1n) is 5.35. The summed E-state index contributed by atoms with van der Waals surface area (Å²) < 4.78 is 26.6. The van der Waals surface area contributed by atoms with Crippen molar-refractivity contribution in [2.24, 2.45) is 5.92 Å². The molecule has 1 aromatic rings. The predicted molar refractivity (Wildman–Crippen MR) is 61.8 cm³/mol. The lowest BCUT2D eigenvalue weighted by molar-refractivity contribution is -0.137. The minimum absolute atomic E-state index is 0.0473. The average Bonchev–Trinajstić information content (AvgIpc) is 3.04. The van der Waals surface area contributed by atoms with Crippen LogP contribution in [0.1, 0.15) is 30.7 Å². The van der Waals surface area contributed by atoms with E-state index in [2.05, 4.69) is 15.9 Å². The zero-order chi connectivity index (χ0) is 12.6. The van der Waals surface area contributed by atoms with Gasteiger partial charge in [-0.1, -0.05) is 15.9 Å². The minimum atomic E-state index is -0.931. The number of hydrogen-bond donors (Lipinski definition) is 1. The van der Waals surface area contributed by atoms with Crippen LogP contribution in [0.2, 0.25) is 0 Å². The smallest absolute Gasteiger partial charge is 0.303 e. The van der Waals surface area contributed by atoms with Crippen molar-refractivity contribution in [3.8, 4) is 0 Å². The van der Waals surface area contributed by atoms with Crippen molar-refractivity contribution in [1.29, 1.82) is 0 Å². The third-order valence-electron chi connectivity index (χ3n) is 3.02. The molecule has 2 rings (SSSR count). The van der Waals surface area contributed by atoms with E-state index in [9.17, 15) is 13.6 Å². The van der Waals surface area contributed by atoms with Crippen LogP contribution in [-0.4, -0.2) is 11.1 Å². The standard InChI is InChI=1S/C12H11BrF2O2/c13-9-5-11(15)10(14)3-8(9)7(4-12(16)17)6-1-2-6/h3,5-7H,1-2,4H2,(H,16,17). The molecule has 1 aliphatic carbocycles. The maximum atomic E-state index is 13.2. The molecule has 0 spiro atoms. The molecule has 0 radical (unpaired) electrons. The largest absolute Gasteiger partial charge is 0.481 e. The first kappa shape index (κ1) is 12.5. The molecule has 1 aromatic carbocycles. The van der Waals surface area contributed by atoms with Crippen LogP contribution in [-0.2, 0) is 4.79 Å². The summed E-state index contributed by atoms with van der Waals surface area (Å²) in [6, 6.07) is 2.16. The number of carboxylic acid groups (broad SMARTS) is 1. The zero-order valence-corrected chi connectivity index (χ0v) is 10.5. The minimum Gasteiger partial charge on any atom is -0.481 e. The fourth-order valence-corrected chi connectivity index (χ4v) is 2.65. The van der Waals surface area contributed by atoms with Crippen LogP contribution in [0.15, 0.2) is 16.6 Å². The van der Waals surface area contributed by atoms with Gasteiger partial charge in [0, 0.05) is 4.47 Å². The van der Waals surface area contributed by atoms with Crippen LogP contribution in [0.25, 0.3) is 0 Å². The van der Waals surface area contributed by atoms with Crippen LogP contribution in [0.3, 0.4) is 0 Å². The van der Waals surface area contributed by atoms with Crippen LogP contribution >= 0.6 is 15.9 Å². The maximum absolute atomic E-state index is 13.2. The number of aliphatic carboxylic acids is 1. The molecule has 0 heterocycles. The van der Waals surface area contributed by atoms with Gasteiger partial charge in [0.1, 0.15) is 0 Å². The Morgan fingerprint density at radius 1 is 1.41 bits per heavy atom. The number of hydrogen-bond acceptors (Lipinski definition) is 1. The SMILES string of the molecule is O=C(O)CC(c1cc(F)c(F)cc1Br)C1CC1. The lowest BCUT2D eigenvalue weighted by Gasteiger charge is -2.16. The second-order valence-corrected chi connectivity index (χ2v) is 5.18. The van der Waals surface area contributed by atoms with Crippen molar-refractivity contribution in [2.75, 3.05) is 0 Å². The molecule has 0 saturated heterocycles. The highest BCUT2D eigenvalue weighted by Crippen LogP contribution is 2.46. The monoisotopic (exact) mass is 304 g/mol. The van der Waals surface area contributed by atoms with Crippen LogP contribution in [0.4, 0.5) is 8.78 Å². The van der Waals surface area contributed by atoms with Gasteiger partial charge >= 0.3 is 5.97 Å². The number of carboxylic acids is 1. The van der Waals surface area contributed by atoms with Crippen molar-refractivity contribution < 1.29 is 18.7 Å². The molecule has 1 saturated carbocycles. The quantitative estimate of drug-likeness (QED) is 0.861. The van der Waals surface area contributed by atoms with Gasteiger partial charge in [0.05, 0.1) is 6.42 Å². The third kappa shape index (κ3) is 2.83. The summed E-state index contributed by atoms with van der Waals surface area (Å²) in [7, 11) is 0. The highest BCUT2D eigenvalue weighted by Gasteiger charge is 2.35. The molecule has 0 amide bonds. The molecule has 1 fully saturated rings. The van der Waals surface area contributed by atoms with Gasteiger partial charge in [0.2, 0.25) is 0 Å². The van der Waals surface area contributed by atoms with E-state index in [1.165, 1.54) is 0 Å². The number of halogens is 3. The normalized spacial score (nSPS) is 16.9. The van der Waals surface area contributed by atoms with Crippen LogP contribution in [0, 0.1) is 17.6 Å². The predicted octanol–water partition coefficient (Wildman–Crippen LogP) is 3.70. The van der Waals surface area contributed by atoms with Crippen LogP contribution < -0.4 is 0 Å². The van der Waals surface area contributed by atoms with Gasteiger partial charge in [-0.25, -0.2) is 8.78 Å². The second-order valence-electron chi connectivity index (χ2n) is 4.33.